The number of methoxy groups -OCH3 is 1. The van der Waals surface area contributed by atoms with Gasteiger partial charge in [0.25, 0.3) is 5.91 Å². The fourth-order valence-electron chi connectivity index (χ4n) is 4.46. The summed E-state index contributed by atoms with van der Waals surface area (Å²) >= 11 is 6.25. The van der Waals surface area contributed by atoms with Gasteiger partial charge in [-0.2, -0.15) is 5.10 Å². The topological polar surface area (TPSA) is 91.7 Å². The first-order valence-corrected chi connectivity index (χ1v) is 14.2. The van der Waals surface area contributed by atoms with Crippen LogP contribution in [0, 0.1) is 0 Å². The van der Waals surface area contributed by atoms with Gasteiger partial charge in [-0.25, -0.2) is 4.68 Å². The number of carbonyl (C=O) groups is 2. The predicted molar refractivity (Wildman–Crippen MR) is 167 cm³/mol. The van der Waals surface area contributed by atoms with Gasteiger partial charge >= 0.3 is 5.97 Å². The third kappa shape index (κ3) is 7.53. The van der Waals surface area contributed by atoms with Gasteiger partial charge in [-0.3, -0.25) is 9.59 Å². The fourth-order valence-corrected chi connectivity index (χ4v) is 4.64. The Hall–Kier alpha value is -4.82. The summed E-state index contributed by atoms with van der Waals surface area (Å²) in [6.45, 7) is 5.59. The number of ether oxygens (including phenoxy) is 3. The highest BCUT2D eigenvalue weighted by molar-refractivity contribution is 6.30. The summed E-state index contributed by atoms with van der Waals surface area (Å²) in [6, 6.07) is 26.1. The molecule has 43 heavy (non-hydrogen) atoms. The van der Waals surface area contributed by atoms with E-state index in [1.807, 2.05) is 48.5 Å². The Kier molecular flexibility index (Phi) is 8.68. The molecule has 0 aliphatic carbocycles. The van der Waals surface area contributed by atoms with Gasteiger partial charge in [0, 0.05) is 22.7 Å². The van der Waals surface area contributed by atoms with E-state index in [0.29, 0.717) is 27.8 Å². The summed E-state index contributed by atoms with van der Waals surface area (Å²) in [6.07, 6.45) is 1.89. The second-order valence-electron chi connectivity index (χ2n) is 10.9. The van der Waals surface area contributed by atoms with Gasteiger partial charge < -0.3 is 19.5 Å². The summed E-state index contributed by atoms with van der Waals surface area (Å²) in [4.78, 5) is 24.5. The Balaban J connectivity index is 1.37. The molecule has 0 spiro atoms. The molecule has 1 aromatic heterocycles. The minimum absolute atomic E-state index is 0.0892. The average molecular weight is 598 g/mol. The first-order chi connectivity index (χ1) is 20.6. The Morgan fingerprint density at radius 3 is 2.35 bits per heavy atom. The van der Waals surface area contributed by atoms with E-state index in [9.17, 15) is 9.59 Å². The third-order valence-electron chi connectivity index (χ3n) is 6.45. The maximum atomic E-state index is 12.6. The molecule has 0 atom stereocenters. The molecule has 8 nitrogen and oxygen atoms in total. The minimum atomic E-state index is -0.566. The molecule has 9 heteroatoms. The number of hydrogen-bond acceptors (Lipinski definition) is 6. The van der Waals surface area contributed by atoms with E-state index >= 15 is 0 Å². The highest BCUT2D eigenvalue weighted by Crippen LogP contribution is 2.35. The number of aromatic nitrogens is 2. The second-order valence-corrected chi connectivity index (χ2v) is 11.3. The molecule has 1 heterocycles. The first-order valence-electron chi connectivity index (χ1n) is 13.8. The van der Waals surface area contributed by atoms with Crippen molar-refractivity contribution in [1.82, 2.24) is 15.1 Å². The Labute approximate surface area is 255 Å². The zero-order valence-electron chi connectivity index (χ0n) is 24.4. The molecule has 0 aliphatic heterocycles. The van der Waals surface area contributed by atoms with Crippen molar-refractivity contribution in [3.63, 3.8) is 0 Å². The van der Waals surface area contributed by atoms with E-state index in [2.05, 4.69) is 11.4 Å². The monoisotopic (exact) mass is 597 g/mol. The van der Waals surface area contributed by atoms with Crippen LogP contribution in [0.2, 0.25) is 5.02 Å². The summed E-state index contributed by atoms with van der Waals surface area (Å²) in [7, 11) is 1.65. The summed E-state index contributed by atoms with van der Waals surface area (Å²) in [5.74, 6) is 1.19. The highest BCUT2D eigenvalue weighted by Gasteiger charge is 2.18. The van der Waals surface area contributed by atoms with Crippen molar-refractivity contribution in [2.24, 2.45) is 0 Å². The largest absolute Gasteiger partial charge is 0.497 e. The van der Waals surface area contributed by atoms with Gasteiger partial charge in [0.15, 0.2) is 5.75 Å². The van der Waals surface area contributed by atoms with Crippen molar-refractivity contribution in [2.45, 2.75) is 32.8 Å². The lowest BCUT2D eigenvalue weighted by Crippen LogP contribution is -2.29. The van der Waals surface area contributed by atoms with Gasteiger partial charge in [0.2, 0.25) is 0 Å². The second kappa shape index (κ2) is 12.6. The van der Waals surface area contributed by atoms with Crippen LogP contribution in [0.4, 0.5) is 0 Å². The molecule has 0 unspecified atom stereocenters. The maximum Gasteiger partial charge on any atom is 0.308 e. The number of rotatable bonds is 9. The van der Waals surface area contributed by atoms with Crippen LogP contribution in [0.5, 0.6) is 17.2 Å². The van der Waals surface area contributed by atoms with Gasteiger partial charge in [-0.1, -0.05) is 35.9 Å². The van der Waals surface area contributed by atoms with E-state index < -0.39 is 5.60 Å². The van der Waals surface area contributed by atoms with Crippen molar-refractivity contribution >= 4 is 34.2 Å². The summed E-state index contributed by atoms with van der Waals surface area (Å²) < 4.78 is 18.7. The molecule has 5 aromatic rings. The summed E-state index contributed by atoms with van der Waals surface area (Å²) in [5.41, 5.74) is 2.17. The van der Waals surface area contributed by atoms with Crippen molar-refractivity contribution in [3.8, 4) is 34.2 Å². The molecule has 0 bridgehead atoms. The maximum absolute atomic E-state index is 12.6. The molecule has 0 radical (unpaired) electrons. The number of halogens is 1. The molecular weight excluding hydrogens is 566 g/mol. The van der Waals surface area contributed by atoms with E-state index in [4.69, 9.17) is 30.9 Å². The lowest BCUT2D eigenvalue weighted by molar-refractivity contribution is -0.154. The highest BCUT2D eigenvalue weighted by atomic mass is 35.5. The minimum Gasteiger partial charge on any atom is -0.497 e. The molecule has 220 valence electrons. The number of benzene rings is 4. The van der Waals surface area contributed by atoms with Crippen LogP contribution >= 0.6 is 11.6 Å². The van der Waals surface area contributed by atoms with E-state index in [0.717, 1.165) is 27.8 Å². The normalized spacial score (nSPS) is 11.3. The van der Waals surface area contributed by atoms with Crippen molar-refractivity contribution < 1.29 is 23.8 Å². The molecule has 0 saturated heterocycles. The van der Waals surface area contributed by atoms with Crippen LogP contribution in [0.1, 0.15) is 37.6 Å². The smallest absolute Gasteiger partial charge is 0.308 e. The van der Waals surface area contributed by atoms with Gasteiger partial charge in [-0.15, -0.1) is 0 Å². The fraction of sp³-hybridized carbons (Fsp3) is 0.206. The zero-order valence-corrected chi connectivity index (χ0v) is 25.1. The van der Waals surface area contributed by atoms with Crippen molar-refractivity contribution in [2.75, 3.05) is 13.7 Å². The molecule has 1 N–H and O–H groups in total. The Bertz CT molecular complexity index is 1770. The number of esters is 1. The zero-order chi connectivity index (χ0) is 30.6. The average Bonchev–Trinajstić information content (AvgIpc) is 3.39. The van der Waals surface area contributed by atoms with Gasteiger partial charge in [0.1, 0.15) is 22.8 Å². The van der Waals surface area contributed by atoms with E-state index in [1.165, 1.54) is 0 Å². The quantitative estimate of drug-likeness (QED) is 0.176. The molecule has 1 amide bonds. The molecule has 0 saturated carbocycles. The van der Waals surface area contributed by atoms with Crippen LogP contribution < -0.4 is 14.8 Å². The molecular formula is C34H32ClN3O5. The van der Waals surface area contributed by atoms with E-state index in [1.54, 1.807) is 69.1 Å². The van der Waals surface area contributed by atoms with Gasteiger partial charge in [-0.05, 0) is 92.2 Å². The van der Waals surface area contributed by atoms with Crippen LogP contribution in [-0.4, -0.2) is 40.9 Å². The molecule has 4 aromatic carbocycles. The number of nitrogens with zero attached hydrogens (tertiary/aromatic N) is 2. The van der Waals surface area contributed by atoms with Crippen LogP contribution in [0.25, 0.3) is 27.7 Å². The lowest BCUT2D eigenvalue weighted by Gasteiger charge is -2.19. The third-order valence-corrected chi connectivity index (χ3v) is 6.69. The number of nitrogens with one attached hydrogen (secondary N) is 1. The van der Waals surface area contributed by atoms with Crippen molar-refractivity contribution in [1.29, 1.82) is 0 Å². The Morgan fingerprint density at radius 1 is 0.907 bits per heavy atom. The lowest BCUT2D eigenvalue weighted by atomic mass is 10.0. The molecule has 5 rings (SSSR count). The van der Waals surface area contributed by atoms with Crippen molar-refractivity contribution in [3.05, 3.63) is 102 Å². The SMILES string of the molecule is COc1ccc2cc(-c3nn(-c4cccc(Cl)c4)cc3Oc3ccc(C(=O)NCCC(=O)OC(C)(C)C)cc3)ccc2c1. The number of fused-ring (bicyclic) bond motifs is 1. The summed E-state index contributed by atoms with van der Waals surface area (Å²) in [5, 5.41) is 10.3. The van der Waals surface area contributed by atoms with Crippen LogP contribution in [0.15, 0.2) is 91.1 Å². The number of hydrogen-bond donors (Lipinski definition) is 1. The number of amides is 1. The Morgan fingerprint density at radius 2 is 1.63 bits per heavy atom. The van der Waals surface area contributed by atoms with Gasteiger partial charge in [0.05, 0.1) is 25.4 Å². The first kappa shape index (κ1) is 29.7. The van der Waals surface area contributed by atoms with Crippen LogP contribution in [-0.2, 0) is 9.53 Å². The molecule has 0 fully saturated rings. The molecule has 0 aliphatic rings. The predicted octanol–water partition coefficient (Wildman–Crippen LogP) is 7.61. The number of carbonyl (C=O) groups excluding carboxylic acids is 2. The standard InChI is InChI=1S/C34H32ClN3O5/c1-34(2,3)43-31(39)16-17-36-33(40)22-10-13-28(14-11-22)42-30-21-38(27-7-5-6-26(35)20-27)37-32(30)25-9-8-24-19-29(41-4)15-12-23(24)18-25/h5-15,18-21H,16-17H2,1-4H3,(H,36,40). The van der Waals surface area contributed by atoms with Crippen LogP contribution in [0.3, 0.4) is 0 Å². The van der Waals surface area contributed by atoms with E-state index in [-0.39, 0.29) is 24.8 Å².